The van der Waals surface area contributed by atoms with Crippen molar-refractivity contribution in [3.05, 3.63) is 15.9 Å². The Kier molecular flexibility index (Phi) is 5.46. The third kappa shape index (κ3) is 3.40. The van der Waals surface area contributed by atoms with Gasteiger partial charge in [-0.05, 0) is 55.0 Å². The maximum Gasteiger partial charge on any atom is 0.0767 e. The highest BCUT2D eigenvalue weighted by atomic mass is 79.9. The molecule has 2 rings (SSSR count). The van der Waals surface area contributed by atoms with Crippen molar-refractivity contribution in [1.82, 2.24) is 15.1 Å². The number of halogens is 1. The monoisotopic (exact) mass is 327 g/mol. The van der Waals surface area contributed by atoms with Crippen LogP contribution in [0.3, 0.4) is 0 Å². The SMILES string of the molecule is CCc1nn(CC)c(CNC(C)C2CCCC2)c1Br. The van der Waals surface area contributed by atoms with Crippen LogP contribution in [-0.2, 0) is 19.5 Å². The lowest BCUT2D eigenvalue weighted by Gasteiger charge is -2.20. The molecule has 1 N–H and O–H groups in total. The summed E-state index contributed by atoms with van der Waals surface area (Å²) in [7, 11) is 0. The topological polar surface area (TPSA) is 29.9 Å². The number of nitrogens with zero attached hydrogens (tertiary/aromatic N) is 2. The Morgan fingerprint density at radius 2 is 2.05 bits per heavy atom. The third-order valence-corrected chi connectivity index (χ3v) is 5.31. The average molecular weight is 328 g/mol. The maximum absolute atomic E-state index is 4.65. The minimum absolute atomic E-state index is 0.611. The van der Waals surface area contributed by atoms with E-state index in [0.717, 1.165) is 25.4 Å². The summed E-state index contributed by atoms with van der Waals surface area (Å²) in [4.78, 5) is 0. The molecule has 0 aliphatic heterocycles. The molecule has 1 aliphatic rings. The van der Waals surface area contributed by atoms with Crippen LogP contribution >= 0.6 is 15.9 Å². The molecule has 1 atom stereocenters. The molecule has 0 bridgehead atoms. The fourth-order valence-electron chi connectivity index (χ4n) is 3.07. The Morgan fingerprint density at radius 3 is 2.63 bits per heavy atom. The van der Waals surface area contributed by atoms with Crippen LogP contribution in [0, 0.1) is 5.92 Å². The van der Waals surface area contributed by atoms with E-state index in [9.17, 15) is 0 Å². The number of aryl methyl sites for hydroxylation is 2. The van der Waals surface area contributed by atoms with Crippen molar-refractivity contribution in [2.24, 2.45) is 5.92 Å². The molecule has 1 saturated carbocycles. The first-order chi connectivity index (χ1) is 9.17. The van der Waals surface area contributed by atoms with Gasteiger partial charge in [-0.3, -0.25) is 4.68 Å². The summed E-state index contributed by atoms with van der Waals surface area (Å²) in [5.74, 6) is 0.863. The fraction of sp³-hybridized carbons (Fsp3) is 0.800. The molecule has 0 saturated heterocycles. The molecule has 0 amide bonds. The fourth-order valence-corrected chi connectivity index (χ4v) is 3.77. The van der Waals surface area contributed by atoms with Gasteiger partial charge in [-0.15, -0.1) is 0 Å². The summed E-state index contributed by atoms with van der Waals surface area (Å²) in [5.41, 5.74) is 2.47. The van der Waals surface area contributed by atoms with Crippen molar-refractivity contribution >= 4 is 15.9 Å². The summed E-state index contributed by atoms with van der Waals surface area (Å²) in [6.07, 6.45) is 6.59. The largest absolute Gasteiger partial charge is 0.308 e. The van der Waals surface area contributed by atoms with Gasteiger partial charge >= 0.3 is 0 Å². The maximum atomic E-state index is 4.65. The highest BCUT2D eigenvalue weighted by molar-refractivity contribution is 9.10. The van der Waals surface area contributed by atoms with Crippen molar-refractivity contribution in [2.75, 3.05) is 0 Å². The lowest BCUT2D eigenvalue weighted by atomic mass is 10.00. The zero-order valence-electron chi connectivity index (χ0n) is 12.4. The Balaban J connectivity index is 1.99. The van der Waals surface area contributed by atoms with E-state index in [-0.39, 0.29) is 0 Å². The molecule has 0 spiro atoms. The quantitative estimate of drug-likeness (QED) is 0.858. The highest BCUT2D eigenvalue weighted by Gasteiger charge is 2.22. The lowest BCUT2D eigenvalue weighted by Crippen LogP contribution is -2.32. The first-order valence-corrected chi connectivity index (χ1v) is 8.44. The van der Waals surface area contributed by atoms with Gasteiger partial charge < -0.3 is 5.32 Å². The molecular formula is C15H26BrN3. The van der Waals surface area contributed by atoms with E-state index in [1.54, 1.807) is 0 Å². The molecule has 1 aromatic heterocycles. The van der Waals surface area contributed by atoms with Crippen molar-refractivity contribution < 1.29 is 0 Å². The molecule has 1 aromatic rings. The predicted molar refractivity (Wildman–Crippen MR) is 83.2 cm³/mol. The van der Waals surface area contributed by atoms with Crippen LogP contribution in [0.15, 0.2) is 4.47 Å². The molecule has 1 unspecified atom stereocenters. The first kappa shape index (κ1) is 15.0. The second kappa shape index (κ2) is 6.89. The summed E-state index contributed by atoms with van der Waals surface area (Å²) in [5, 5.41) is 8.35. The van der Waals surface area contributed by atoms with Gasteiger partial charge in [-0.2, -0.15) is 5.10 Å². The smallest absolute Gasteiger partial charge is 0.0767 e. The molecule has 108 valence electrons. The van der Waals surface area contributed by atoms with Gasteiger partial charge in [0.2, 0.25) is 0 Å². The second-order valence-electron chi connectivity index (χ2n) is 5.59. The van der Waals surface area contributed by atoms with Gasteiger partial charge in [0, 0.05) is 19.1 Å². The molecule has 3 nitrogen and oxygen atoms in total. The molecule has 1 aliphatic carbocycles. The van der Waals surface area contributed by atoms with Crippen LogP contribution in [0.2, 0.25) is 0 Å². The van der Waals surface area contributed by atoms with Crippen LogP contribution in [-0.4, -0.2) is 15.8 Å². The minimum atomic E-state index is 0.611. The van der Waals surface area contributed by atoms with Crippen LogP contribution in [0.25, 0.3) is 0 Å². The van der Waals surface area contributed by atoms with Gasteiger partial charge in [-0.25, -0.2) is 0 Å². The van der Waals surface area contributed by atoms with Crippen LogP contribution in [0.4, 0.5) is 0 Å². The number of nitrogens with one attached hydrogen (secondary N) is 1. The zero-order chi connectivity index (χ0) is 13.8. The summed E-state index contributed by atoms with van der Waals surface area (Å²) in [6, 6.07) is 0.611. The minimum Gasteiger partial charge on any atom is -0.308 e. The van der Waals surface area contributed by atoms with Gasteiger partial charge in [0.25, 0.3) is 0 Å². The van der Waals surface area contributed by atoms with Crippen LogP contribution in [0.5, 0.6) is 0 Å². The molecule has 0 radical (unpaired) electrons. The van der Waals surface area contributed by atoms with Crippen LogP contribution < -0.4 is 5.32 Å². The highest BCUT2D eigenvalue weighted by Crippen LogP contribution is 2.28. The van der Waals surface area contributed by atoms with Crippen molar-refractivity contribution in [3.63, 3.8) is 0 Å². The van der Waals surface area contributed by atoms with Gasteiger partial charge in [0.05, 0.1) is 15.9 Å². The number of rotatable bonds is 6. The third-order valence-electron chi connectivity index (χ3n) is 4.39. The van der Waals surface area contributed by atoms with Crippen molar-refractivity contribution in [3.8, 4) is 0 Å². The lowest BCUT2D eigenvalue weighted by molar-refractivity contribution is 0.375. The molecule has 4 heteroatoms. The molecule has 1 heterocycles. The second-order valence-corrected chi connectivity index (χ2v) is 6.38. The van der Waals surface area contributed by atoms with E-state index in [4.69, 9.17) is 0 Å². The number of aromatic nitrogens is 2. The molecule has 1 fully saturated rings. The number of hydrogen-bond donors (Lipinski definition) is 1. The van der Waals surface area contributed by atoms with Crippen LogP contribution in [0.1, 0.15) is 57.8 Å². The van der Waals surface area contributed by atoms with E-state index in [2.05, 4.69) is 51.8 Å². The van der Waals surface area contributed by atoms with Crippen molar-refractivity contribution in [2.45, 2.75) is 72.0 Å². The Bertz CT molecular complexity index is 408. The zero-order valence-corrected chi connectivity index (χ0v) is 14.0. The average Bonchev–Trinajstić information content (AvgIpc) is 3.04. The van der Waals surface area contributed by atoms with E-state index in [1.807, 2.05) is 0 Å². The van der Waals surface area contributed by atoms with Gasteiger partial charge in [0.15, 0.2) is 0 Å². The standard InChI is InChI=1S/C15H26BrN3/c1-4-13-15(16)14(19(5-2)18-13)10-17-11(3)12-8-6-7-9-12/h11-12,17H,4-10H2,1-3H3. The van der Waals surface area contributed by atoms with Crippen molar-refractivity contribution in [1.29, 1.82) is 0 Å². The Hall–Kier alpha value is -0.350. The van der Waals surface area contributed by atoms with Gasteiger partial charge in [0.1, 0.15) is 0 Å². The Morgan fingerprint density at radius 1 is 1.37 bits per heavy atom. The number of hydrogen-bond acceptors (Lipinski definition) is 2. The summed E-state index contributed by atoms with van der Waals surface area (Å²) in [6.45, 7) is 8.50. The van der Waals surface area contributed by atoms with E-state index in [0.29, 0.717) is 6.04 Å². The Labute approximate surface area is 125 Å². The summed E-state index contributed by atoms with van der Waals surface area (Å²) >= 11 is 3.71. The molecule has 19 heavy (non-hydrogen) atoms. The van der Waals surface area contributed by atoms with E-state index >= 15 is 0 Å². The molecule has 0 aromatic carbocycles. The predicted octanol–water partition coefficient (Wildman–Crippen LogP) is 3.90. The van der Waals surface area contributed by atoms with E-state index < -0.39 is 0 Å². The van der Waals surface area contributed by atoms with E-state index in [1.165, 1.54) is 41.5 Å². The normalized spacial score (nSPS) is 18.1. The molecular weight excluding hydrogens is 302 g/mol. The summed E-state index contributed by atoms with van der Waals surface area (Å²) < 4.78 is 3.32. The van der Waals surface area contributed by atoms with Gasteiger partial charge in [-0.1, -0.05) is 19.8 Å². The first-order valence-electron chi connectivity index (χ1n) is 7.64.